The Kier molecular flexibility index (Phi) is 3.33. The van der Waals surface area contributed by atoms with Gasteiger partial charge in [0.1, 0.15) is 0 Å². The predicted octanol–water partition coefficient (Wildman–Crippen LogP) is 0.154. The Hall–Kier alpha value is -1.17. The standard InChI is InChI=1S/C9H12N4O2S2/c1-2-5-13(6-7-3-4-7)17(14,15)9-12-11-8(10)16-9/h1,7H,3-6H2,(H2,10,11). The molecule has 6 nitrogen and oxygen atoms in total. The van der Waals surface area contributed by atoms with Gasteiger partial charge in [0.15, 0.2) is 0 Å². The van der Waals surface area contributed by atoms with Crippen molar-refractivity contribution in [3.05, 3.63) is 0 Å². The van der Waals surface area contributed by atoms with E-state index in [1.165, 1.54) is 4.31 Å². The van der Waals surface area contributed by atoms with Gasteiger partial charge < -0.3 is 5.73 Å². The van der Waals surface area contributed by atoms with Crippen LogP contribution in [0.4, 0.5) is 5.13 Å². The zero-order valence-corrected chi connectivity index (χ0v) is 10.7. The van der Waals surface area contributed by atoms with Crippen LogP contribution >= 0.6 is 11.3 Å². The van der Waals surface area contributed by atoms with Crippen LogP contribution in [-0.2, 0) is 10.0 Å². The van der Waals surface area contributed by atoms with Crippen molar-refractivity contribution in [3.8, 4) is 12.3 Å². The van der Waals surface area contributed by atoms with Gasteiger partial charge in [-0.05, 0) is 18.8 Å². The number of rotatable bonds is 5. The van der Waals surface area contributed by atoms with E-state index in [0.717, 1.165) is 24.2 Å². The number of terminal acetylenes is 1. The molecule has 1 aliphatic carbocycles. The van der Waals surface area contributed by atoms with E-state index in [9.17, 15) is 8.42 Å². The Morgan fingerprint density at radius 2 is 2.24 bits per heavy atom. The molecule has 2 N–H and O–H groups in total. The van der Waals surface area contributed by atoms with Crippen molar-refractivity contribution in [1.82, 2.24) is 14.5 Å². The summed E-state index contributed by atoms with van der Waals surface area (Å²) in [6, 6.07) is 0. The summed E-state index contributed by atoms with van der Waals surface area (Å²) in [5.41, 5.74) is 5.38. The summed E-state index contributed by atoms with van der Waals surface area (Å²) < 4.78 is 25.5. The van der Waals surface area contributed by atoms with E-state index in [2.05, 4.69) is 16.1 Å². The summed E-state index contributed by atoms with van der Waals surface area (Å²) in [7, 11) is -3.64. The van der Waals surface area contributed by atoms with Gasteiger partial charge in [0, 0.05) is 6.54 Å². The highest BCUT2D eigenvalue weighted by Crippen LogP contribution is 2.32. The van der Waals surface area contributed by atoms with Crippen molar-refractivity contribution in [1.29, 1.82) is 0 Å². The summed E-state index contributed by atoms with van der Waals surface area (Å²) in [6.45, 7) is 0.504. The molecule has 17 heavy (non-hydrogen) atoms. The molecule has 0 aliphatic heterocycles. The molecule has 0 spiro atoms. The monoisotopic (exact) mass is 272 g/mol. The highest BCUT2D eigenvalue weighted by Gasteiger charge is 2.33. The van der Waals surface area contributed by atoms with Crippen LogP contribution in [0.1, 0.15) is 12.8 Å². The fourth-order valence-electron chi connectivity index (χ4n) is 1.37. The molecule has 1 aliphatic rings. The third-order valence-electron chi connectivity index (χ3n) is 2.41. The minimum atomic E-state index is -3.64. The molecular formula is C9H12N4O2S2. The normalized spacial score (nSPS) is 16.0. The second-order valence-electron chi connectivity index (χ2n) is 3.85. The third-order valence-corrected chi connectivity index (χ3v) is 5.32. The van der Waals surface area contributed by atoms with E-state index >= 15 is 0 Å². The zero-order valence-electron chi connectivity index (χ0n) is 9.04. The maximum atomic E-state index is 12.2. The van der Waals surface area contributed by atoms with Crippen LogP contribution in [0.3, 0.4) is 0 Å². The van der Waals surface area contributed by atoms with Gasteiger partial charge in [-0.1, -0.05) is 17.3 Å². The summed E-state index contributed by atoms with van der Waals surface area (Å²) >= 11 is 0.854. The SMILES string of the molecule is C#CCN(CC1CC1)S(=O)(=O)c1nnc(N)s1. The van der Waals surface area contributed by atoms with Crippen molar-refractivity contribution in [2.45, 2.75) is 17.2 Å². The van der Waals surface area contributed by atoms with E-state index in [0.29, 0.717) is 12.5 Å². The van der Waals surface area contributed by atoms with Crippen LogP contribution in [0.2, 0.25) is 0 Å². The molecule has 0 aromatic carbocycles. The number of aromatic nitrogens is 2. The van der Waals surface area contributed by atoms with E-state index in [1.54, 1.807) is 0 Å². The van der Waals surface area contributed by atoms with Crippen LogP contribution in [-0.4, -0.2) is 36.0 Å². The maximum absolute atomic E-state index is 12.2. The summed E-state index contributed by atoms with van der Waals surface area (Å²) in [4.78, 5) is 0. The molecule has 1 saturated carbocycles. The topological polar surface area (TPSA) is 89.2 Å². The highest BCUT2D eigenvalue weighted by atomic mass is 32.2. The number of nitrogens with zero attached hydrogens (tertiary/aromatic N) is 3. The molecule has 0 amide bonds. The van der Waals surface area contributed by atoms with Crippen molar-refractivity contribution >= 4 is 26.5 Å². The Bertz CT molecular complexity index is 542. The van der Waals surface area contributed by atoms with E-state index in [4.69, 9.17) is 12.2 Å². The van der Waals surface area contributed by atoms with Crippen LogP contribution in [0, 0.1) is 18.3 Å². The molecule has 1 aromatic rings. The Balaban J connectivity index is 2.24. The Morgan fingerprint density at radius 1 is 1.53 bits per heavy atom. The average Bonchev–Trinajstić information content (AvgIpc) is 2.98. The minimum absolute atomic E-state index is 0.0539. The van der Waals surface area contributed by atoms with Crippen molar-refractivity contribution in [2.75, 3.05) is 18.8 Å². The molecule has 1 fully saturated rings. The molecule has 1 aromatic heterocycles. The van der Waals surface area contributed by atoms with Gasteiger partial charge >= 0.3 is 0 Å². The van der Waals surface area contributed by atoms with Gasteiger partial charge in [0.2, 0.25) is 9.47 Å². The van der Waals surface area contributed by atoms with E-state index in [-0.39, 0.29) is 16.0 Å². The lowest BCUT2D eigenvalue weighted by Crippen LogP contribution is -2.33. The molecule has 1 heterocycles. The van der Waals surface area contributed by atoms with Crippen molar-refractivity contribution in [3.63, 3.8) is 0 Å². The molecule has 2 rings (SSSR count). The van der Waals surface area contributed by atoms with Crippen LogP contribution in [0.15, 0.2) is 4.34 Å². The first-order chi connectivity index (χ1) is 8.04. The molecule has 0 saturated heterocycles. The maximum Gasteiger partial charge on any atom is 0.273 e. The predicted molar refractivity (Wildman–Crippen MR) is 64.6 cm³/mol. The summed E-state index contributed by atoms with van der Waals surface area (Å²) in [5.74, 6) is 2.78. The average molecular weight is 272 g/mol. The highest BCUT2D eigenvalue weighted by molar-refractivity contribution is 7.91. The minimum Gasteiger partial charge on any atom is -0.374 e. The van der Waals surface area contributed by atoms with Gasteiger partial charge in [-0.25, -0.2) is 8.42 Å². The summed E-state index contributed by atoms with van der Waals surface area (Å²) in [6.07, 6.45) is 7.29. The fourth-order valence-corrected chi connectivity index (χ4v) is 3.73. The number of nitrogens with two attached hydrogens (primary N) is 1. The molecule has 0 bridgehead atoms. The first-order valence-corrected chi connectivity index (χ1v) is 7.32. The molecule has 8 heteroatoms. The Morgan fingerprint density at radius 3 is 2.71 bits per heavy atom. The number of hydrogen-bond donors (Lipinski definition) is 1. The van der Waals surface area contributed by atoms with Crippen LogP contribution in [0.25, 0.3) is 0 Å². The quantitative estimate of drug-likeness (QED) is 0.771. The van der Waals surface area contributed by atoms with Gasteiger partial charge in [0.05, 0.1) is 6.54 Å². The van der Waals surface area contributed by atoms with Gasteiger partial charge in [0.25, 0.3) is 10.0 Å². The smallest absolute Gasteiger partial charge is 0.273 e. The molecular weight excluding hydrogens is 260 g/mol. The van der Waals surface area contributed by atoms with Gasteiger partial charge in [-0.3, -0.25) is 0 Å². The van der Waals surface area contributed by atoms with Crippen LogP contribution in [0.5, 0.6) is 0 Å². The van der Waals surface area contributed by atoms with Gasteiger partial charge in [-0.15, -0.1) is 16.6 Å². The zero-order chi connectivity index (χ0) is 12.5. The van der Waals surface area contributed by atoms with Crippen LogP contribution < -0.4 is 5.73 Å². The molecule has 0 atom stereocenters. The molecule has 92 valence electrons. The fraction of sp³-hybridized carbons (Fsp3) is 0.556. The Labute approximate surface area is 104 Å². The second kappa shape index (κ2) is 4.60. The second-order valence-corrected chi connectivity index (χ2v) is 6.97. The first kappa shape index (κ1) is 12.3. The first-order valence-electron chi connectivity index (χ1n) is 5.06. The lowest BCUT2D eigenvalue weighted by molar-refractivity contribution is 0.429. The lowest BCUT2D eigenvalue weighted by Gasteiger charge is -2.17. The summed E-state index contributed by atoms with van der Waals surface area (Å²) in [5, 5.41) is 7.21. The van der Waals surface area contributed by atoms with Crippen molar-refractivity contribution < 1.29 is 8.42 Å². The van der Waals surface area contributed by atoms with Gasteiger partial charge in [-0.2, -0.15) is 4.31 Å². The largest absolute Gasteiger partial charge is 0.374 e. The lowest BCUT2D eigenvalue weighted by atomic mass is 10.4. The number of anilines is 1. The number of hydrogen-bond acceptors (Lipinski definition) is 6. The molecule has 0 radical (unpaired) electrons. The number of sulfonamides is 1. The third kappa shape index (κ3) is 2.74. The molecule has 0 unspecified atom stereocenters. The van der Waals surface area contributed by atoms with Crippen molar-refractivity contribution in [2.24, 2.45) is 5.92 Å². The number of nitrogen functional groups attached to an aromatic ring is 1. The van der Waals surface area contributed by atoms with E-state index in [1.807, 2.05) is 0 Å². The van der Waals surface area contributed by atoms with E-state index < -0.39 is 10.0 Å².